The molecule has 21 heteroatoms. The van der Waals surface area contributed by atoms with Crippen LogP contribution in [0.15, 0.2) is 42.5 Å². The van der Waals surface area contributed by atoms with Crippen LogP contribution in [-0.2, 0) is 104 Å². The van der Waals surface area contributed by atoms with E-state index < -0.39 is 68.1 Å². The van der Waals surface area contributed by atoms with E-state index in [1.165, 1.54) is 0 Å². The van der Waals surface area contributed by atoms with Crippen LogP contribution in [-0.4, -0.2) is 122 Å². The second-order valence-corrected chi connectivity index (χ2v) is 26.5. The molecule has 0 saturated carbocycles. The van der Waals surface area contributed by atoms with Gasteiger partial charge in [0.1, 0.15) is 11.7 Å². The molecule has 5 fully saturated rings. The average molecular weight is 1180 g/mol. The number of fused-ring (bicyclic) bond motifs is 3. The number of carbonyl (C=O) groups is 1. The molecule has 0 aliphatic carbocycles. The molecule has 4 radical (unpaired) electrons. The van der Waals surface area contributed by atoms with Crippen molar-refractivity contribution in [3.63, 3.8) is 0 Å². The molecule has 0 aromatic heterocycles. The molecule has 1 spiro atoms. The van der Waals surface area contributed by atoms with Gasteiger partial charge >= 0.3 is 73.8 Å². The summed E-state index contributed by atoms with van der Waals surface area (Å²) in [4.78, 5) is 12.7. The Labute approximate surface area is 477 Å². The number of aliphatic hydroxyl groups is 2. The van der Waals surface area contributed by atoms with Gasteiger partial charge in [0.15, 0.2) is 11.6 Å². The van der Waals surface area contributed by atoms with Gasteiger partial charge < -0.3 is 52.5 Å². The molecule has 7 rings (SSSR count). The minimum absolute atomic E-state index is 0. The number of benzene rings is 1. The Kier molecular flexibility index (Phi) is 35.1. The zero-order valence-electron chi connectivity index (χ0n) is 46.0. The summed E-state index contributed by atoms with van der Waals surface area (Å²) < 4.78 is 106. The maximum absolute atomic E-state index is 12.7. The molecule has 77 heavy (non-hydrogen) atoms. The van der Waals surface area contributed by atoms with E-state index in [1.807, 2.05) is 26.8 Å². The SMILES string of the molecule is C=C1[C]=[C][C@H](C[C@@H](O)[C@@]2(C)OC(C)(C)O[C@@H]2CCOC(=O)c2ccccc2)O[C@@H]2C[C@@H]3O[C@@H]4[C@@H](C)[C@H](C)[C@@]5(C[C@H](O)CO5)O[C@H]4[C@@H](O[Si](C(C)C)(C(C)C)C(C)C)[C@H](C)[C@H]3O[C@H]2C1.[C-]#[O+].[C-]#[O+].[C-]#[O+].[C-]#[O+].[C-]#[O+].[C-]#[O+].[Co].[Co]. The van der Waals surface area contributed by atoms with Gasteiger partial charge in [-0.1, -0.05) is 87.1 Å². The van der Waals surface area contributed by atoms with Crippen LogP contribution in [0.2, 0.25) is 16.6 Å². The fraction of sp³-hybridized carbons (Fsp3) is 0.696. The maximum Gasteiger partial charge on any atom is 0 e. The molecule has 0 bridgehead atoms. The third kappa shape index (κ3) is 18.0. The first-order valence-corrected chi connectivity index (χ1v) is 27.1. The van der Waals surface area contributed by atoms with E-state index in [1.54, 1.807) is 24.3 Å². The van der Waals surface area contributed by atoms with Crippen molar-refractivity contribution in [2.45, 2.75) is 216 Å². The predicted molar refractivity (Wildman–Crippen MR) is 262 cm³/mol. The Morgan fingerprint density at radius 3 is 1.86 bits per heavy atom. The van der Waals surface area contributed by atoms with Crippen LogP contribution in [0.5, 0.6) is 0 Å². The van der Waals surface area contributed by atoms with Crippen LogP contribution in [0.3, 0.4) is 0 Å². The number of ether oxygens (including phenoxy) is 8. The third-order valence-electron chi connectivity index (χ3n) is 15.5. The number of hydrogen-bond donors (Lipinski definition) is 2. The third-order valence-corrected chi connectivity index (χ3v) is 21.6. The quantitative estimate of drug-likeness (QED) is 0.0879. The van der Waals surface area contributed by atoms with Crippen molar-refractivity contribution < 1.29 is 119 Å². The van der Waals surface area contributed by atoms with Gasteiger partial charge in [0.25, 0.3) is 0 Å². The summed E-state index contributed by atoms with van der Waals surface area (Å²) in [5.41, 5.74) is 1.07. The number of rotatable bonds is 12. The van der Waals surface area contributed by atoms with Crippen molar-refractivity contribution in [2.75, 3.05) is 13.2 Å². The number of allylic oxidation sites excluding steroid dienone is 1. The Bertz CT molecular complexity index is 2010. The molecule has 6 aliphatic rings. The summed E-state index contributed by atoms with van der Waals surface area (Å²) >= 11 is 0. The van der Waals surface area contributed by atoms with Crippen LogP contribution >= 0.6 is 0 Å². The molecule has 1 aromatic carbocycles. The molecular weight excluding hydrogens is 1110 g/mol. The first kappa shape index (κ1) is 76.5. The summed E-state index contributed by atoms with van der Waals surface area (Å²) in [6.45, 7) is 57.5. The summed E-state index contributed by atoms with van der Waals surface area (Å²) in [5.74, 6) is -2.53. The monoisotopic (exact) mass is 1180 g/mol. The van der Waals surface area contributed by atoms with Gasteiger partial charge in [-0.2, -0.15) is 0 Å². The number of hydrogen-bond acceptors (Lipinski definition) is 12. The van der Waals surface area contributed by atoms with Gasteiger partial charge in [-0.25, -0.2) is 4.79 Å². The van der Waals surface area contributed by atoms with Crippen molar-refractivity contribution in [1.29, 1.82) is 0 Å². The molecule has 0 amide bonds. The number of aliphatic hydroxyl groups excluding tert-OH is 2. The molecule has 5 saturated heterocycles. The summed E-state index contributed by atoms with van der Waals surface area (Å²) in [6.07, 6.45) is 2.83. The smallest absolute Gasteiger partial charge is 0 e. The van der Waals surface area contributed by atoms with Gasteiger partial charge in [0.05, 0.1) is 79.8 Å². The molecule has 1 aromatic rings. The molecular formula is C56H76Co2O18Si. The van der Waals surface area contributed by atoms with Crippen molar-refractivity contribution >= 4 is 14.3 Å². The van der Waals surface area contributed by atoms with Gasteiger partial charge in [0, 0.05) is 77.5 Å². The van der Waals surface area contributed by atoms with Gasteiger partial charge in [-0.05, 0) is 73.2 Å². The van der Waals surface area contributed by atoms with E-state index in [0.29, 0.717) is 47.9 Å². The Balaban J connectivity index is 0. The summed E-state index contributed by atoms with van der Waals surface area (Å²) in [7, 11) is -2.46. The van der Waals surface area contributed by atoms with Crippen molar-refractivity contribution in [2.24, 2.45) is 17.8 Å². The molecule has 2 N–H and O–H groups in total. The normalized spacial score (nSPS) is 33.6. The zero-order valence-corrected chi connectivity index (χ0v) is 49.0. The molecule has 430 valence electrons. The van der Waals surface area contributed by atoms with Crippen LogP contribution in [0, 0.1) is 69.8 Å². The van der Waals surface area contributed by atoms with E-state index >= 15 is 0 Å². The van der Waals surface area contributed by atoms with Gasteiger partial charge in [-0.3, -0.25) is 0 Å². The predicted octanol–water partition coefficient (Wildman–Crippen LogP) is 7.81. The summed E-state index contributed by atoms with van der Waals surface area (Å²) in [6, 6.07) is 8.85. The van der Waals surface area contributed by atoms with Gasteiger partial charge in [0.2, 0.25) is 8.32 Å². The molecule has 6 heterocycles. The van der Waals surface area contributed by atoms with E-state index in [2.05, 4.69) is 121 Å². The van der Waals surface area contributed by atoms with Crippen molar-refractivity contribution in [3.05, 3.63) is 100 Å². The topological polar surface area (TPSA) is 260 Å². The van der Waals surface area contributed by atoms with E-state index in [0.717, 1.165) is 5.57 Å². The van der Waals surface area contributed by atoms with Crippen LogP contribution in [0.25, 0.3) is 0 Å². The molecule has 0 unspecified atom stereocenters. The first-order chi connectivity index (χ1) is 35.6. The van der Waals surface area contributed by atoms with Gasteiger partial charge in [-0.15, -0.1) is 0 Å². The fourth-order valence-electron chi connectivity index (χ4n) is 12.1. The van der Waals surface area contributed by atoms with E-state index in [4.69, 9.17) is 70.2 Å². The standard InChI is InChI=1S/C50H76O12Si.6CO.2Co/c1-28(2)63(29(3)4,30(5)6)61-45-33(9)43-40(58-44-32(8)34(10)50(60-46(44)45)26-36(51)27-55-50)25-39-38(57-43)23-31(7)19-20-37(56-39)24-41(52)49(13)42(59-48(11,12)62-49)21-22-54-47(53)35-17-15-14-16-18-35;6*1-2;;/h14-18,28-30,32-34,36-46,51-52H,7,21-27H2,1-6,8-13H3;;;;;;;;/t32-,33+,34-,36-,37+,38-,39+,40-,41+,42+,43+,44+,45-,46+,49+,50+;;;;;;;;/m0......../s1. The molecule has 18 nitrogen and oxygen atoms in total. The minimum Gasteiger partial charge on any atom is 0 e. The van der Waals surface area contributed by atoms with Crippen molar-refractivity contribution in [3.8, 4) is 0 Å². The molecule has 6 aliphatic heterocycles. The Morgan fingerprint density at radius 1 is 0.792 bits per heavy atom. The second kappa shape index (κ2) is 35.3. The van der Waals surface area contributed by atoms with E-state index in [9.17, 15) is 15.0 Å². The first-order valence-electron chi connectivity index (χ1n) is 24.9. The Hall–Kier alpha value is -2.56. The Morgan fingerprint density at radius 2 is 1.34 bits per heavy atom. The number of carbonyl (C=O) groups excluding carboxylic acids is 1. The molecule has 16 atom stereocenters. The second-order valence-electron chi connectivity index (χ2n) is 21.1. The number of esters is 1. The fourth-order valence-corrected chi connectivity index (χ4v) is 17.8. The zero-order chi connectivity index (χ0) is 57.8. The van der Waals surface area contributed by atoms with Crippen LogP contribution < -0.4 is 0 Å². The van der Waals surface area contributed by atoms with Crippen LogP contribution in [0.4, 0.5) is 0 Å². The largest absolute Gasteiger partial charge is 0 e. The maximum atomic E-state index is 12.7. The van der Waals surface area contributed by atoms with Crippen molar-refractivity contribution in [1.82, 2.24) is 0 Å². The summed E-state index contributed by atoms with van der Waals surface area (Å²) in [5, 5.41) is 22.9. The van der Waals surface area contributed by atoms with Crippen LogP contribution in [0.1, 0.15) is 126 Å². The average Bonchev–Trinajstić information content (AvgIpc) is 3.87. The van der Waals surface area contributed by atoms with E-state index in [-0.39, 0.29) is 101 Å². The minimum atomic E-state index is -2.46.